The third kappa shape index (κ3) is 2.98. The molecule has 3 heterocycles. The van der Waals surface area contributed by atoms with Crippen molar-refractivity contribution in [1.29, 1.82) is 0 Å². The van der Waals surface area contributed by atoms with E-state index in [4.69, 9.17) is 4.98 Å². The molecule has 0 saturated heterocycles. The highest BCUT2D eigenvalue weighted by Crippen LogP contribution is 2.23. The third-order valence-electron chi connectivity index (χ3n) is 3.64. The first kappa shape index (κ1) is 14.8. The molecule has 4 aromatic rings. The second-order valence-corrected chi connectivity index (χ2v) is 6.30. The molecular weight excluding hydrogens is 320 g/mol. The van der Waals surface area contributed by atoms with Crippen molar-refractivity contribution in [2.24, 2.45) is 0 Å². The molecule has 4 rings (SSSR count). The highest BCUT2D eigenvalue weighted by Gasteiger charge is 2.07. The van der Waals surface area contributed by atoms with Crippen molar-refractivity contribution in [3.63, 3.8) is 0 Å². The number of aryl methyl sites for hydroxylation is 1. The highest BCUT2D eigenvalue weighted by molar-refractivity contribution is 7.13. The van der Waals surface area contributed by atoms with E-state index in [-0.39, 0.29) is 0 Å². The highest BCUT2D eigenvalue weighted by atomic mass is 32.1. The maximum absolute atomic E-state index is 4.71. The predicted molar refractivity (Wildman–Crippen MR) is 95.3 cm³/mol. The maximum atomic E-state index is 4.71. The van der Waals surface area contributed by atoms with Gasteiger partial charge in [0.25, 0.3) is 5.78 Å². The number of benzene rings is 1. The number of fused-ring (bicyclic) bond motifs is 1. The second kappa shape index (κ2) is 6.37. The molecule has 0 amide bonds. The van der Waals surface area contributed by atoms with Crippen LogP contribution in [-0.2, 0) is 6.42 Å². The molecule has 0 aliphatic heterocycles. The first-order valence-corrected chi connectivity index (χ1v) is 8.58. The second-order valence-electron chi connectivity index (χ2n) is 5.44. The maximum Gasteiger partial charge on any atom is 0.254 e. The molecule has 7 heteroatoms. The third-order valence-corrected chi connectivity index (χ3v) is 4.58. The lowest BCUT2D eigenvalue weighted by Gasteiger charge is -2.07. The molecule has 3 aromatic heterocycles. The van der Waals surface area contributed by atoms with Crippen LogP contribution in [0.2, 0.25) is 0 Å². The Hall–Kier alpha value is -2.80. The Kier molecular flexibility index (Phi) is 3.92. The summed E-state index contributed by atoms with van der Waals surface area (Å²) in [5.74, 6) is 1.51. The Bertz CT molecular complexity index is 960. The average molecular weight is 336 g/mol. The Labute approximate surface area is 143 Å². The summed E-state index contributed by atoms with van der Waals surface area (Å²) in [6.07, 6.45) is 2.36. The Morgan fingerprint density at radius 3 is 2.92 bits per heavy atom. The van der Waals surface area contributed by atoms with Gasteiger partial charge < -0.3 is 5.32 Å². The molecule has 0 atom stereocenters. The number of nitrogens with one attached hydrogen (secondary N) is 1. The smallest absolute Gasteiger partial charge is 0.254 e. The van der Waals surface area contributed by atoms with Crippen molar-refractivity contribution < 1.29 is 0 Å². The molecular formula is C17H16N6S. The lowest BCUT2D eigenvalue weighted by Crippen LogP contribution is -2.10. The van der Waals surface area contributed by atoms with Crippen LogP contribution in [-0.4, -0.2) is 31.1 Å². The SMILES string of the molecule is Cc1cc(NCCc2csc(-c3ccccc3)n2)n2ncnc2n1. The number of aromatic nitrogens is 5. The van der Waals surface area contributed by atoms with E-state index in [1.54, 1.807) is 15.9 Å². The summed E-state index contributed by atoms with van der Waals surface area (Å²) >= 11 is 1.68. The van der Waals surface area contributed by atoms with Gasteiger partial charge in [0.15, 0.2) is 0 Å². The Balaban J connectivity index is 1.44. The zero-order valence-corrected chi connectivity index (χ0v) is 14.0. The van der Waals surface area contributed by atoms with Crippen LogP contribution >= 0.6 is 11.3 Å². The first-order valence-electron chi connectivity index (χ1n) is 7.71. The minimum Gasteiger partial charge on any atom is -0.369 e. The van der Waals surface area contributed by atoms with E-state index in [0.717, 1.165) is 40.7 Å². The van der Waals surface area contributed by atoms with Gasteiger partial charge in [-0.1, -0.05) is 30.3 Å². The monoisotopic (exact) mass is 336 g/mol. The molecule has 6 nitrogen and oxygen atoms in total. The molecule has 24 heavy (non-hydrogen) atoms. The molecule has 120 valence electrons. The van der Waals surface area contributed by atoms with E-state index in [1.165, 1.54) is 6.33 Å². The molecule has 0 spiro atoms. The summed E-state index contributed by atoms with van der Waals surface area (Å²) in [5, 5.41) is 10.8. The van der Waals surface area contributed by atoms with Gasteiger partial charge in [0.1, 0.15) is 17.2 Å². The number of hydrogen-bond donors (Lipinski definition) is 1. The fourth-order valence-corrected chi connectivity index (χ4v) is 3.37. The van der Waals surface area contributed by atoms with Crippen LogP contribution in [0.4, 0.5) is 5.82 Å². The number of rotatable bonds is 5. The lowest BCUT2D eigenvalue weighted by atomic mass is 10.2. The summed E-state index contributed by atoms with van der Waals surface area (Å²) < 4.78 is 1.71. The van der Waals surface area contributed by atoms with Crippen LogP contribution in [0.15, 0.2) is 48.1 Å². The van der Waals surface area contributed by atoms with Gasteiger partial charge in [-0.25, -0.2) is 9.97 Å². The number of anilines is 1. The van der Waals surface area contributed by atoms with Gasteiger partial charge >= 0.3 is 0 Å². The summed E-state index contributed by atoms with van der Waals surface area (Å²) in [4.78, 5) is 13.2. The molecule has 0 aliphatic rings. The summed E-state index contributed by atoms with van der Waals surface area (Å²) in [5.41, 5.74) is 3.17. The van der Waals surface area contributed by atoms with Crippen LogP contribution in [0.1, 0.15) is 11.4 Å². The van der Waals surface area contributed by atoms with E-state index in [0.29, 0.717) is 5.78 Å². The minimum absolute atomic E-state index is 0.609. The van der Waals surface area contributed by atoms with Crippen LogP contribution in [0.25, 0.3) is 16.3 Å². The normalized spacial score (nSPS) is 11.0. The van der Waals surface area contributed by atoms with Gasteiger partial charge in [-0.15, -0.1) is 11.3 Å². The van der Waals surface area contributed by atoms with Gasteiger partial charge in [-0.05, 0) is 6.92 Å². The standard InChI is InChI=1S/C17H16N6S/c1-12-9-15(23-17(21-12)19-11-20-23)18-8-7-14-10-24-16(22-14)13-5-3-2-4-6-13/h2-6,9-11,18H,7-8H2,1H3. The zero-order chi connectivity index (χ0) is 16.4. The van der Waals surface area contributed by atoms with Crippen LogP contribution in [0, 0.1) is 6.92 Å². The number of hydrogen-bond acceptors (Lipinski definition) is 6. The molecule has 0 fully saturated rings. The molecule has 1 N–H and O–H groups in total. The molecule has 1 aromatic carbocycles. The van der Waals surface area contributed by atoms with E-state index < -0.39 is 0 Å². The Morgan fingerprint density at radius 1 is 1.17 bits per heavy atom. The van der Waals surface area contributed by atoms with E-state index in [9.17, 15) is 0 Å². The van der Waals surface area contributed by atoms with Crippen molar-refractivity contribution in [1.82, 2.24) is 24.6 Å². The van der Waals surface area contributed by atoms with Crippen LogP contribution < -0.4 is 5.32 Å². The van der Waals surface area contributed by atoms with Gasteiger partial charge in [0.05, 0.1) is 5.69 Å². The van der Waals surface area contributed by atoms with E-state index in [2.05, 4.69) is 37.9 Å². The molecule has 0 saturated carbocycles. The first-order chi connectivity index (χ1) is 11.8. The van der Waals surface area contributed by atoms with Gasteiger partial charge in [-0.3, -0.25) is 0 Å². The summed E-state index contributed by atoms with van der Waals surface area (Å²) in [7, 11) is 0. The quantitative estimate of drug-likeness (QED) is 0.606. The van der Waals surface area contributed by atoms with Crippen LogP contribution in [0.5, 0.6) is 0 Å². The fourth-order valence-electron chi connectivity index (χ4n) is 2.51. The number of nitrogens with zero attached hydrogens (tertiary/aromatic N) is 5. The van der Waals surface area contributed by atoms with Crippen molar-refractivity contribution in [3.8, 4) is 10.6 Å². The lowest BCUT2D eigenvalue weighted by molar-refractivity contribution is 0.898. The molecule has 0 unspecified atom stereocenters. The summed E-state index contributed by atoms with van der Waals surface area (Å²) in [6.45, 7) is 2.73. The fraction of sp³-hybridized carbons (Fsp3) is 0.176. The zero-order valence-electron chi connectivity index (χ0n) is 13.2. The van der Waals surface area contributed by atoms with Crippen molar-refractivity contribution in [2.45, 2.75) is 13.3 Å². The molecule has 0 aliphatic carbocycles. The van der Waals surface area contributed by atoms with E-state index >= 15 is 0 Å². The van der Waals surface area contributed by atoms with Crippen molar-refractivity contribution >= 4 is 22.9 Å². The van der Waals surface area contributed by atoms with E-state index in [1.807, 2.05) is 31.2 Å². The average Bonchev–Trinajstić information content (AvgIpc) is 3.25. The predicted octanol–water partition coefficient (Wildman–Crippen LogP) is 3.21. The van der Waals surface area contributed by atoms with Crippen molar-refractivity contribution in [3.05, 3.63) is 59.5 Å². The molecule has 0 bridgehead atoms. The Morgan fingerprint density at radius 2 is 2.04 bits per heavy atom. The van der Waals surface area contributed by atoms with Gasteiger partial charge in [0.2, 0.25) is 0 Å². The number of thiazole rings is 1. The van der Waals surface area contributed by atoms with Crippen molar-refractivity contribution in [2.75, 3.05) is 11.9 Å². The van der Waals surface area contributed by atoms with Gasteiger partial charge in [-0.2, -0.15) is 14.6 Å². The minimum atomic E-state index is 0.609. The van der Waals surface area contributed by atoms with Gasteiger partial charge in [0, 0.05) is 35.7 Å². The molecule has 0 radical (unpaired) electrons. The largest absolute Gasteiger partial charge is 0.369 e. The topological polar surface area (TPSA) is 68.0 Å². The van der Waals surface area contributed by atoms with Crippen LogP contribution in [0.3, 0.4) is 0 Å². The summed E-state index contributed by atoms with van der Waals surface area (Å²) in [6, 6.07) is 12.2.